The first-order chi connectivity index (χ1) is 10.4. The largest absolute Gasteiger partial charge is 0.329 e. The van der Waals surface area contributed by atoms with Gasteiger partial charge in [-0.1, -0.05) is 26.0 Å². The molecular weight excluding hydrogens is 282 g/mol. The molecule has 0 aliphatic carbocycles. The average Bonchev–Trinajstić information content (AvgIpc) is 2.72. The van der Waals surface area contributed by atoms with Crippen molar-refractivity contribution in [1.29, 1.82) is 0 Å². The maximum atomic E-state index is 12.7. The Morgan fingerprint density at radius 3 is 2.59 bits per heavy atom. The van der Waals surface area contributed by atoms with Crippen LogP contribution in [0.5, 0.6) is 0 Å². The molecule has 1 unspecified atom stereocenters. The molecule has 0 bridgehead atoms. The SMILES string of the molecule is CC(C)c1cccc2c1n(C1CCC(=O)NC1=O)c(=O)n2C. The number of nitrogens with one attached hydrogen (secondary N) is 1. The minimum atomic E-state index is -0.631. The molecule has 1 aromatic carbocycles. The third kappa shape index (κ3) is 2.06. The van der Waals surface area contributed by atoms with Gasteiger partial charge in [-0.15, -0.1) is 0 Å². The number of carbonyl (C=O) groups is 2. The predicted molar refractivity (Wildman–Crippen MR) is 82.7 cm³/mol. The Bertz CT molecular complexity index is 829. The molecule has 2 heterocycles. The highest BCUT2D eigenvalue weighted by Gasteiger charge is 2.32. The summed E-state index contributed by atoms with van der Waals surface area (Å²) in [6, 6.07) is 5.15. The summed E-state index contributed by atoms with van der Waals surface area (Å²) in [5.74, 6) is -0.451. The van der Waals surface area contributed by atoms with E-state index in [0.717, 1.165) is 16.6 Å². The Kier molecular flexibility index (Phi) is 3.39. The highest BCUT2D eigenvalue weighted by Crippen LogP contribution is 2.29. The third-order valence-electron chi connectivity index (χ3n) is 4.28. The molecule has 6 nitrogen and oxygen atoms in total. The number of benzene rings is 1. The van der Waals surface area contributed by atoms with Gasteiger partial charge in [0.15, 0.2) is 0 Å². The molecule has 1 atom stereocenters. The lowest BCUT2D eigenvalue weighted by atomic mass is 10.00. The second-order valence-corrected chi connectivity index (χ2v) is 6.05. The molecule has 1 N–H and O–H groups in total. The van der Waals surface area contributed by atoms with E-state index in [2.05, 4.69) is 19.2 Å². The van der Waals surface area contributed by atoms with Gasteiger partial charge in [0.05, 0.1) is 11.0 Å². The summed E-state index contributed by atoms with van der Waals surface area (Å²) in [4.78, 5) is 36.2. The van der Waals surface area contributed by atoms with E-state index in [1.807, 2.05) is 18.2 Å². The van der Waals surface area contributed by atoms with Gasteiger partial charge in [0.1, 0.15) is 6.04 Å². The van der Waals surface area contributed by atoms with Crippen molar-refractivity contribution < 1.29 is 9.59 Å². The summed E-state index contributed by atoms with van der Waals surface area (Å²) >= 11 is 0. The number of para-hydroxylation sites is 1. The fourth-order valence-corrected chi connectivity index (χ4v) is 3.13. The molecule has 6 heteroatoms. The van der Waals surface area contributed by atoms with Crippen molar-refractivity contribution in [3.63, 3.8) is 0 Å². The Morgan fingerprint density at radius 1 is 1.23 bits per heavy atom. The summed E-state index contributed by atoms with van der Waals surface area (Å²) in [6.45, 7) is 4.11. The fourth-order valence-electron chi connectivity index (χ4n) is 3.13. The Balaban J connectivity index is 2.29. The molecule has 3 rings (SSSR count). The van der Waals surface area contributed by atoms with Crippen molar-refractivity contribution >= 4 is 22.8 Å². The molecule has 1 aliphatic heterocycles. The topological polar surface area (TPSA) is 73.1 Å². The zero-order valence-electron chi connectivity index (χ0n) is 12.9. The number of amides is 2. The minimum Gasteiger partial charge on any atom is -0.295 e. The number of carbonyl (C=O) groups excluding carboxylic acids is 2. The Hall–Kier alpha value is -2.37. The number of fused-ring (bicyclic) bond motifs is 1. The predicted octanol–water partition coefficient (Wildman–Crippen LogP) is 1.44. The maximum Gasteiger partial charge on any atom is 0.329 e. The van der Waals surface area contributed by atoms with Crippen LogP contribution in [-0.4, -0.2) is 20.9 Å². The van der Waals surface area contributed by atoms with Crippen LogP contribution in [0.4, 0.5) is 0 Å². The minimum absolute atomic E-state index is 0.224. The van der Waals surface area contributed by atoms with E-state index < -0.39 is 11.9 Å². The second kappa shape index (κ2) is 5.12. The molecule has 2 aromatic rings. The highest BCUT2D eigenvalue weighted by molar-refractivity contribution is 6.00. The number of aryl methyl sites for hydroxylation is 1. The van der Waals surface area contributed by atoms with Crippen LogP contribution in [0.25, 0.3) is 11.0 Å². The van der Waals surface area contributed by atoms with Gasteiger partial charge >= 0.3 is 5.69 Å². The number of rotatable bonds is 2. The standard InChI is InChI=1S/C16H19N3O3/c1-9(2)10-5-4-6-11-14(10)19(16(22)18(11)3)12-7-8-13(20)17-15(12)21/h4-6,9,12H,7-8H2,1-3H3,(H,17,20,21). The summed E-state index contributed by atoms with van der Waals surface area (Å²) < 4.78 is 3.11. The van der Waals surface area contributed by atoms with E-state index in [4.69, 9.17) is 0 Å². The molecule has 0 saturated carbocycles. The van der Waals surface area contributed by atoms with Crippen LogP contribution < -0.4 is 11.0 Å². The van der Waals surface area contributed by atoms with Crippen molar-refractivity contribution in [1.82, 2.24) is 14.5 Å². The highest BCUT2D eigenvalue weighted by atomic mass is 16.2. The lowest BCUT2D eigenvalue weighted by Gasteiger charge is -2.23. The lowest BCUT2D eigenvalue weighted by Crippen LogP contribution is -2.44. The average molecular weight is 301 g/mol. The molecule has 1 fully saturated rings. The van der Waals surface area contributed by atoms with E-state index >= 15 is 0 Å². The van der Waals surface area contributed by atoms with Crippen LogP contribution in [0, 0.1) is 0 Å². The van der Waals surface area contributed by atoms with Crippen LogP contribution in [0.1, 0.15) is 44.2 Å². The van der Waals surface area contributed by atoms with Crippen LogP contribution in [0.3, 0.4) is 0 Å². The van der Waals surface area contributed by atoms with Crippen molar-refractivity contribution in [2.24, 2.45) is 7.05 Å². The lowest BCUT2D eigenvalue weighted by molar-refractivity contribution is -0.135. The third-order valence-corrected chi connectivity index (χ3v) is 4.28. The van der Waals surface area contributed by atoms with Crippen molar-refractivity contribution in [2.75, 3.05) is 0 Å². The Morgan fingerprint density at radius 2 is 1.95 bits per heavy atom. The molecule has 22 heavy (non-hydrogen) atoms. The smallest absolute Gasteiger partial charge is 0.295 e. The van der Waals surface area contributed by atoms with E-state index in [-0.39, 0.29) is 23.9 Å². The van der Waals surface area contributed by atoms with Gasteiger partial charge in [-0.3, -0.25) is 24.0 Å². The first kappa shape index (κ1) is 14.6. The summed E-state index contributed by atoms with van der Waals surface area (Å²) in [5.41, 5.74) is 2.40. The van der Waals surface area contributed by atoms with Crippen molar-refractivity contribution in [3.8, 4) is 0 Å². The van der Waals surface area contributed by atoms with Gasteiger partial charge < -0.3 is 0 Å². The van der Waals surface area contributed by atoms with Gasteiger partial charge in [0, 0.05) is 13.5 Å². The van der Waals surface area contributed by atoms with Crippen LogP contribution in [-0.2, 0) is 16.6 Å². The Labute approximate surface area is 127 Å². The van der Waals surface area contributed by atoms with Gasteiger partial charge in [-0.2, -0.15) is 0 Å². The molecule has 1 saturated heterocycles. The number of imidazole rings is 1. The second-order valence-electron chi connectivity index (χ2n) is 6.05. The zero-order chi connectivity index (χ0) is 16.0. The molecule has 0 spiro atoms. The van der Waals surface area contributed by atoms with Gasteiger partial charge in [-0.25, -0.2) is 4.79 Å². The summed E-state index contributed by atoms with van der Waals surface area (Å²) in [6.07, 6.45) is 0.610. The molecule has 116 valence electrons. The number of imide groups is 1. The first-order valence-corrected chi connectivity index (χ1v) is 7.45. The van der Waals surface area contributed by atoms with Crippen LogP contribution in [0.15, 0.2) is 23.0 Å². The molecule has 2 amide bonds. The van der Waals surface area contributed by atoms with E-state index in [0.29, 0.717) is 6.42 Å². The first-order valence-electron chi connectivity index (χ1n) is 7.45. The number of hydrogen-bond donors (Lipinski definition) is 1. The molecule has 0 radical (unpaired) electrons. The van der Waals surface area contributed by atoms with Gasteiger partial charge in [0.2, 0.25) is 11.8 Å². The van der Waals surface area contributed by atoms with E-state index in [1.165, 1.54) is 0 Å². The van der Waals surface area contributed by atoms with Gasteiger partial charge in [-0.05, 0) is 24.0 Å². The van der Waals surface area contributed by atoms with Crippen LogP contribution >= 0.6 is 0 Å². The summed E-state index contributed by atoms with van der Waals surface area (Å²) in [5, 5.41) is 2.33. The quantitative estimate of drug-likeness (QED) is 0.853. The zero-order valence-corrected chi connectivity index (χ0v) is 12.9. The number of hydrogen-bond acceptors (Lipinski definition) is 3. The summed E-state index contributed by atoms with van der Waals surface area (Å²) in [7, 11) is 1.71. The van der Waals surface area contributed by atoms with Crippen LogP contribution in [0.2, 0.25) is 0 Å². The maximum absolute atomic E-state index is 12.7. The van der Waals surface area contributed by atoms with E-state index in [9.17, 15) is 14.4 Å². The normalized spacial score (nSPS) is 19.0. The van der Waals surface area contributed by atoms with Crippen molar-refractivity contribution in [2.45, 2.75) is 38.6 Å². The molecule has 1 aromatic heterocycles. The monoisotopic (exact) mass is 301 g/mol. The molecule has 1 aliphatic rings. The van der Waals surface area contributed by atoms with Gasteiger partial charge in [0.25, 0.3) is 0 Å². The number of aromatic nitrogens is 2. The fraction of sp³-hybridized carbons (Fsp3) is 0.438. The van der Waals surface area contributed by atoms with Crippen molar-refractivity contribution in [3.05, 3.63) is 34.2 Å². The number of piperidine rings is 1. The number of nitrogens with zero attached hydrogens (tertiary/aromatic N) is 2. The van der Waals surface area contributed by atoms with E-state index in [1.54, 1.807) is 16.2 Å². The molecular formula is C16H19N3O3.